The molecule has 0 amide bonds. The van der Waals surface area contributed by atoms with Gasteiger partial charge in [0.1, 0.15) is 0 Å². The van der Waals surface area contributed by atoms with Gasteiger partial charge in [0.25, 0.3) is 0 Å². The van der Waals surface area contributed by atoms with Crippen LogP contribution in [0.3, 0.4) is 0 Å². The number of fused-ring (bicyclic) bond motifs is 1. The van der Waals surface area contributed by atoms with Gasteiger partial charge in [-0.2, -0.15) is 0 Å². The molecule has 3 aromatic heterocycles. The number of hydrogen-bond acceptors (Lipinski definition) is 2. The summed E-state index contributed by atoms with van der Waals surface area (Å²) in [7, 11) is 0. The van der Waals surface area contributed by atoms with Crippen LogP contribution in [0.5, 0.6) is 0 Å². The van der Waals surface area contributed by atoms with Crippen molar-refractivity contribution in [3.63, 3.8) is 0 Å². The average molecular weight is 321 g/mol. The molecular weight excluding hydrogens is 313 g/mol. The van der Waals surface area contributed by atoms with Gasteiger partial charge in [0, 0.05) is 39.3 Å². The zero-order valence-corrected chi connectivity index (χ0v) is 10.5. The Bertz CT molecular complexity index is 631. The SMILES string of the molecule is Ic1c[nH]c2cc(-c3ccncc3)ncc12. The van der Waals surface area contributed by atoms with Crippen molar-refractivity contribution in [3.8, 4) is 11.3 Å². The second-order valence-electron chi connectivity index (χ2n) is 3.49. The summed E-state index contributed by atoms with van der Waals surface area (Å²) >= 11 is 2.30. The van der Waals surface area contributed by atoms with Crippen molar-refractivity contribution in [2.24, 2.45) is 0 Å². The van der Waals surface area contributed by atoms with Crippen LogP contribution in [0.25, 0.3) is 22.2 Å². The molecule has 3 rings (SSSR count). The molecule has 0 aliphatic heterocycles. The summed E-state index contributed by atoms with van der Waals surface area (Å²) in [5.41, 5.74) is 3.17. The highest BCUT2D eigenvalue weighted by Gasteiger charge is 2.04. The Morgan fingerprint density at radius 3 is 2.81 bits per heavy atom. The fourth-order valence-electron chi connectivity index (χ4n) is 1.66. The van der Waals surface area contributed by atoms with Crippen molar-refractivity contribution < 1.29 is 0 Å². The molecule has 78 valence electrons. The summed E-state index contributed by atoms with van der Waals surface area (Å²) in [5, 5.41) is 1.17. The third-order valence-corrected chi connectivity index (χ3v) is 3.38. The van der Waals surface area contributed by atoms with Crippen LogP contribution in [0.1, 0.15) is 0 Å². The summed E-state index contributed by atoms with van der Waals surface area (Å²) in [6.45, 7) is 0. The first-order chi connectivity index (χ1) is 7.84. The fourth-order valence-corrected chi connectivity index (χ4v) is 2.25. The number of pyridine rings is 2. The third-order valence-electron chi connectivity index (χ3n) is 2.49. The molecule has 3 heterocycles. The van der Waals surface area contributed by atoms with E-state index in [9.17, 15) is 0 Å². The molecule has 4 heteroatoms. The lowest BCUT2D eigenvalue weighted by atomic mass is 10.1. The van der Waals surface area contributed by atoms with Crippen LogP contribution in [0.15, 0.2) is 43.0 Å². The van der Waals surface area contributed by atoms with Crippen LogP contribution in [0, 0.1) is 3.57 Å². The maximum atomic E-state index is 4.46. The molecule has 3 aromatic rings. The minimum absolute atomic E-state index is 0.966. The largest absolute Gasteiger partial charge is 0.360 e. The van der Waals surface area contributed by atoms with E-state index in [2.05, 4.69) is 43.6 Å². The normalized spacial score (nSPS) is 10.8. The van der Waals surface area contributed by atoms with Gasteiger partial charge in [-0.1, -0.05) is 0 Å². The van der Waals surface area contributed by atoms with Crippen LogP contribution in [0.2, 0.25) is 0 Å². The Morgan fingerprint density at radius 1 is 1.19 bits per heavy atom. The topological polar surface area (TPSA) is 41.6 Å². The van der Waals surface area contributed by atoms with Crippen molar-refractivity contribution in [1.29, 1.82) is 0 Å². The summed E-state index contributed by atoms with van der Waals surface area (Å²) in [6, 6.07) is 5.98. The zero-order chi connectivity index (χ0) is 11.0. The lowest BCUT2D eigenvalue weighted by molar-refractivity contribution is 1.30. The van der Waals surface area contributed by atoms with Crippen molar-refractivity contribution in [1.82, 2.24) is 15.0 Å². The molecule has 0 aliphatic rings. The van der Waals surface area contributed by atoms with Crippen LogP contribution in [0.4, 0.5) is 0 Å². The first-order valence-electron chi connectivity index (χ1n) is 4.87. The number of aromatic amines is 1. The van der Waals surface area contributed by atoms with Gasteiger partial charge in [-0.05, 0) is 40.8 Å². The Balaban J connectivity index is 2.19. The number of halogens is 1. The van der Waals surface area contributed by atoms with Crippen LogP contribution in [-0.4, -0.2) is 15.0 Å². The third kappa shape index (κ3) is 1.59. The van der Waals surface area contributed by atoms with Gasteiger partial charge in [0.2, 0.25) is 0 Å². The summed E-state index contributed by atoms with van der Waals surface area (Å²) in [4.78, 5) is 11.7. The highest BCUT2D eigenvalue weighted by molar-refractivity contribution is 14.1. The lowest BCUT2D eigenvalue weighted by Gasteiger charge is -1.99. The highest BCUT2D eigenvalue weighted by Crippen LogP contribution is 2.23. The number of aromatic nitrogens is 3. The van der Waals surface area contributed by atoms with E-state index in [-0.39, 0.29) is 0 Å². The fraction of sp³-hybridized carbons (Fsp3) is 0. The van der Waals surface area contributed by atoms with E-state index in [1.807, 2.05) is 24.5 Å². The van der Waals surface area contributed by atoms with Crippen LogP contribution < -0.4 is 0 Å². The maximum Gasteiger partial charge on any atom is 0.0724 e. The van der Waals surface area contributed by atoms with E-state index in [1.165, 1.54) is 8.96 Å². The van der Waals surface area contributed by atoms with E-state index < -0.39 is 0 Å². The van der Waals surface area contributed by atoms with Gasteiger partial charge in [-0.15, -0.1) is 0 Å². The summed E-state index contributed by atoms with van der Waals surface area (Å²) in [6.07, 6.45) is 7.45. The first-order valence-corrected chi connectivity index (χ1v) is 5.95. The van der Waals surface area contributed by atoms with E-state index in [4.69, 9.17) is 0 Å². The Kier molecular flexibility index (Phi) is 2.36. The quantitative estimate of drug-likeness (QED) is 0.699. The maximum absolute atomic E-state index is 4.46. The number of hydrogen-bond donors (Lipinski definition) is 1. The minimum Gasteiger partial charge on any atom is -0.360 e. The second kappa shape index (κ2) is 3.86. The number of nitrogens with zero attached hydrogens (tertiary/aromatic N) is 2. The average Bonchev–Trinajstić information content (AvgIpc) is 2.72. The number of nitrogens with one attached hydrogen (secondary N) is 1. The summed E-state index contributed by atoms with van der Waals surface area (Å²) in [5.74, 6) is 0. The summed E-state index contributed by atoms with van der Waals surface area (Å²) < 4.78 is 1.20. The molecule has 3 nitrogen and oxygen atoms in total. The number of H-pyrrole nitrogens is 1. The molecular formula is C12H8IN3. The van der Waals surface area contributed by atoms with Gasteiger partial charge in [0.15, 0.2) is 0 Å². The van der Waals surface area contributed by atoms with Gasteiger partial charge < -0.3 is 4.98 Å². The zero-order valence-electron chi connectivity index (χ0n) is 8.31. The minimum atomic E-state index is 0.966. The van der Waals surface area contributed by atoms with Crippen molar-refractivity contribution in [2.45, 2.75) is 0 Å². The molecule has 0 aliphatic carbocycles. The van der Waals surface area contributed by atoms with Crippen molar-refractivity contribution in [3.05, 3.63) is 46.6 Å². The molecule has 0 bridgehead atoms. The molecule has 0 fully saturated rings. The molecule has 0 spiro atoms. The predicted octanol–water partition coefficient (Wildman–Crippen LogP) is 3.23. The van der Waals surface area contributed by atoms with Gasteiger partial charge in [-0.3, -0.25) is 9.97 Å². The second-order valence-corrected chi connectivity index (χ2v) is 4.65. The standard InChI is InChI=1S/C12H8IN3/c13-10-7-16-12-5-11(15-6-9(10)12)8-1-3-14-4-2-8/h1-7,16H. The van der Waals surface area contributed by atoms with E-state index in [0.29, 0.717) is 0 Å². The Hall–Kier alpha value is -1.43. The molecule has 1 N–H and O–H groups in total. The Labute approximate surface area is 106 Å². The molecule has 0 unspecified atom stereocenters. The molecule has 0 saturated carbocycles. The van der Waals surface area contributed by atoms with Crippen molar-refractivity contribution >= 4 is 33.5 Å². The molecule has 16 heavy (non-hydrogen) atoms. The monoisotopic (exact) mass is 321 g/mol. The molecule has 0 radical (unpaired) electrons. The Morgan fingerprint density at radius 2 is 2.00 bits per heavy atom. The van der Waals surface area contributed by atoms with Gasteiger partial charge in [-0.25, -0.2) is 0 Å². The van der Waals surface area contributed by atoms with E-state index >= 15 is 0 Å². The van der Waals surface area contributed by atoms with E-state index in [0.717, 1.165) is 16.8 Å². The smallest absolute Gasteiger partial charge is 0.0724 e. The first kappa shape index (κ1) is 9.77. The van der Waals surface area contributed by atoms with Gasteiger partial charge in [0.05, 0.1) is 11.2 Å². The predicted molar refractivity (Wildman–Crippen MR) is 72.0 cm³/mol. The van der Waals surface area contributed by atoms with E-state index in [1.54, 1.807) is 12.4 Å². The lowest BCUT2D eigenvalue weighted by Crippen LogP contribution is -1.83. The highest BCUT2D eigenvalue weighted by atomic mass is 127. The molecule has 0 saturated heterocycles. The van der Waals surface area contributed by atoms with Crippen LogP contribution in [-0.2, 0) is 0 Å². The molecule has 0 atom stereocenters. The van der Waals surface area contributed by atoms with Crippen LogP contribution >= 0.6 is 22.6 Å². The number of rotatable bonds is 1. The molecule has 0 aromatic carbocycles. The van der Waals surface area contributed by atoms with Crippen molar-refractivity contribution in [2.75, 3.05) is 0 Å². The van der Waals surface area contributed by atoms with Gasteiger partial charge >= 0.3 is 0 Å².